The standard InChI is InChI=1S/C14H26N2O3/c1-2-18-10-7-15-5-3-13(4-6-15)14(17)16-8-11-19-12-9-16/h13H,2-12H2,1H3. The van der Waals surface area contributed by atoms with E-state index in [9.17, 15) is 4.79 Å². The Labute approximate surface area is 115 Å². The van der Waals surface area contributed by atoms with E-state index in [0.717, 1.165) is 58.8 Å². The number of nitrogens with zero attached hydrogens (tertiary/aromatic N) is 2. The van der Waals surface area contributed by atoms with Crippen molar-refractivity contribution < 1.29 is 14.3 Å². The van der Waals surface area contributed by atoms with Crippen molar-refractivity contribution in [3.05, 3.63) is 0 Å². The van der Waals surface area contributed by atoms with Gasteiger partial charge in [0.05, 0.1) is 19.8 Å². The Morgan fingerprint density at radius 1 is 1.21 bits per heavy atom. The van der Waals surface area contributed by atoms with Crippen LogP contribution in [0.3, 0.4) is 0 Å². The van der Waals surface area contributed by atoms with Crippen LogP contribution in [0.25, 0.3) is 0 Å². The maximum atomic E-state index is 12.3. The van der Waals surface area contributed by atoms with Crippen LogP contribution < -0.4 is 0 Å². The van der Waals surface area contributed by atoms with Gasteiger partial charge in [0, 0.05) is 32.2 Å². The molecule has 0 aromatic rings. The second kappa shape index (κ2) is 7.82. The molecule has 0 bridgehead atoms. The number of carbonyl (C=O) groups is 1. The van der Waals surface area contributed by atoms with Crippen LogP contribution in [0.15, 0.2) is 0 Å². The van der Waals surface area contributed by atoms with Crippen LogP contribution in [0.2, 0.25) is 0 Å². The van der Waals surface area contributed by atoms with E-state index in [0.29, 0.717) is 19.1 Å². The molecule has 110 valence electrons. The highest BCUT2D eigenvalue weighted by Crippen LogP contribution is 2.20. The van der Waals surface area contributed by atoms with E-state index in [-0.39, 0.29) is 5.92 Å². The molecule has 2 aliphatic heterocycles. The number of rotatable bonds is 5. The Morgan fingerprint density at radius 2 is 1.89 bits per heavy atom. The number of hydrogen-bond acceptors (Lipinski definition) is 4. The Bertz CT molecular complexity index is 272. The minimum Gasteiger partial charge on any atom is -0.380 e. The van der Waals surface area contributed by atoms with Crippen molar-refractivity contribution in [1.29, 1.82) is 0 Å². The van der Waals surface area contributed by atoms with Crippen molar-refractivity contribution in [3.8, 4) is 0 Å². The van der Waals surface area contributed by atoms with Gasteiger partial charge in [-0.1, -0.05) is 0 Å². The van der Waals surface area contributed by atoms with Gasteiger partial charge >= 0.3 is 0 Å². The van der Waals surface area contributed by atoms with Gasteiger partial charge in [-0.3, -0.25) is 4.79 Å². The Balaban J connectivity index is 1.68. The van der Waals surface area contributed by atoms with Crippen LogP contribution in [0, 0.1) is 5.92 Å². The molecule has 2 heterocycles. The van der Waals surface area contributed by atoms with Crippen LogP contribution in [0.1, 0.15) is 19.8 Å². The number of likely N-dealkylation sites (tertiary alicyclic amines) is 1. The first-order valence-corrected chi connectivity index (χ1v) is 7.48. The van der Waals surface area contributed by atoms with Gasteiger partial charge in [-0.2, -0.15) is 0 Å². The first-order chi connectivity index (χ1) is 9.31. The summed E-state index contributed by atoms with van der Waals surface area (Å²) in [6, 6.07) is 0. The molecular formula is C14H26N2O3. The fourth-order valence-electron chi connectivity index (χ4n) is 2.78. The highest BCUT2D eigenvalue weighted by atomic mass is 16.5. The third kappa shape index (κ3) is 4.44. The molecule has 2 fully saturated rings. The van der Waals surface area contributed by atoms with Crippen LogP contribution in [0.5, 0.6) is 0 Å². The van der Waals surface area contributed by atoms with E-state index < -0.39 is 0 Å². The second-order valence-corrected chi connectivity index (χ2v) is 5.25. The van der Waals surface area contributed by atoms with Gasteiger partial charge in [-0.15, -0.1) is 0 Å². The summed E-state index contributed by atoms with van der Waals surface area (Å²) < 4.78 is 10.7. The summed E-state index contributed by atoms with van der Waals surface area (Å²) in [4.78, 5) is 16.7. The van der Waals surface area contributed by atoms with Gasteiger partial charge in [-0.25, -0.2) is 0 Å². The third-order valence-corrected chi connectivity index (χ3v) is 4.02. The summed E-state index contributed by atoms with van der Waals surface area (Å²) in [6.45, 7) is 9.57. The second-order valence-electron chi connectivity index (χ2n) is 5.25. The summed E-state index contributed by atoms with van der Waals surface area (Å²) in [5.74, 6) is 0.564. The summed E-state index contributed by atoms with van der Waals surface area (Å²) in [7, 11) is 0. The summed E-state index contributed by atoms with van der Waals surface area (Å²) in [5.41, 5.74) is 0. The molecular weight excluding hydrogens is 244 g/mol. The molecule has 2 aliphatic rings. The Kier molecular flexibility index (Phi) is 6.07. The molecule has 0 saturated carbocycles. The fourth-order valence-corrected chi connectivity index (χ4v) is 2.78. The SMILES string of the molecule is CCOCCN1CCC(C(=O)N2CCOCC2)CC1. The van der Waals surface area contributed by atoms with Gasteiger partial charge in [0.25, 0.3) is 0 Å². The Hall–Kier alpha value is -0.650. The predicted octanol–water partition coefficient (Wildman–Crippen LogP) is 0.594. The van der Waals surface area contributed by atoms with E-state index in [2.05, 4.69) is 4.90 Å². The lowest BCUT2D eigenvalue weighted by Crippen LogP contribution is -2.47. The Morgan fingerprint density at radius 3 is 2.53 bits per heavy atom. The predicted molar refractivity (Wildman–Crippen MR) is 73.1 cm³/mol. The quantitative estimate of drug-likeness (QED) is 0.686. The summed E-state index contributed by atoms with van der Waals surface area (Å²) >= 11 is 0. The topological polar surface area (TPSA) is 42.0 Å². The molecule has 5 nitrogen and oxygen atoms in total. The molecule has 0 aliphatic carbocycles. The molecule has 2 rings (SSSR count). The average molecular weight is 270 g/mol. The number of carbonyl (C=O) groups excluding carboxylic acids is 1. The lowest BCUT2D eigenvalue weighted by molar-refractivity contribution is -0.141. The van der Waals surface area contributed by atoms with E-state index >= 15 is 0 Å². The molecule has 0 spiro atoms. The normalized spacial score (nSPS) is 22.7. The fraction of sp³-hybridized carbons (Fsp3) is 0.929. The van der Waals surface area contributed by atoms with Crippen LogP contribution in [-0.4, -0.2) is 74.9 Å². The third-order valence-electron chi connectivity index (χ3n) is 4.02. The van der Waals surface area contributed by atoms with Gasteiger partial charge in [0.15, 0.2) is 0 Å². The minimum atomic E-state index is 0.224. The number of morpholine rings is 1. The zero-order valence-electron chi connectivity index (χ0n) is 12.0. The lowest BCUT2D eigenvalue weighted by Gasteiger charge is -2.35. The van der Waals surface area contributed by atoms with Gasteiger partial charge in [0.2, 0.25) is 5.91 Å². The lowest BCUT2D eigenvalue weighted by atomic mass is 9.95. The molecule has 0 unspecified atom stereocenters. The zero-order valence-corrected chi connectivity index (χ0v) is 12.0. The van der Waals surface area contributed by atoms with Crippen LogP contribution >= 0.6 is 0 Å². The molecule has 0 aromatic heterocycles. The van der Waals surface area contributed by atoms with E-state index in [1.54, 1.807) is 0 Å². The number of ether oxygens (including phenoxy) is 2. The first kappa shape index (κ1) is 14.8. The van der Waals surface area contributed by atoms with Crippen LogP contribution in [0.4, 0.5) is 0 Å². The largest absolute Gasteiger partial charge is 0.380 e. The minimum absolute atomic E-state index is 0.224. The smallest absolute Gasteiger partial charge is 0.225 e. The van der Waals surface area contributed by atoms with E-state index in [1.165, 1.54) is 0 Å². The van der Waals surface area contributed by atoms with Crippen LogP contribution in [-0.2, 0) is 14.3 Å². The molecule has 1 amide bonds. The van der Waals surface area contributed by atoms with Crippen molar-refractivity contribution in [2.45, 2.75) is 19.8 Å². The van der Waals surface area contributed by atoms with Crippen molar-refractivity contribution in [1.82, 2.24) is 9.80 Å². The van der Waals surface area contributed by atoms with E-state index in [4.69, 9.17) is 9.47 Å². The molecule has 5 heteroatoms. The maximum absolute atomic E-state index is 12.3. The molecule has 0 atom stereocenters. The van der Waals surface area contributed by atoms with Gasteiger partial charge in [-0.05, 0) is 32.9 Å². The number of amides is 1. The first-order valence-electron chi connectivity index (χ1n) is 7.48. The van der Waals surface area contributed by atoms with Crippen molar-refractivity contribution >= 4 is 5.91 Å². The molecule has 2 saturated heterocycles. The monoisotopic (exact) mass is 270 g/mol. The number of piperidine rings is 1. The number of hydrogen-bond donors (Lipinski definition) is 0. The van der Waals surface area contributed by atoms with Crippen molar-refractivity contribution in [3.63, 3.8) is 0 Å². The summed E-state index contributed by atoms with van der Waals surface area (Å²) in [6.07, 6.45) is 1.98. The van der Waals surface area contributed by atoms with Crippen molar-refractivity contribution in [2.75, 3.05) is 59.2 Å². The summed E-state index contributed by atoms with van der Waals surface area (Å²) in [5, 5.41) is 0. The highest BCUT2D eigenvalue weighted by molar-refractivity contribution is 5.79. The maximum Gasteiger partial charge on any atom is 0.225 e. The molecule has 0 N–H and O–H groups in total. The van der Waals surface area contributed by atoms with Crippen molar-refractivity contribution in [2.24, 2.45) is 5.92 Å². The molecule has 0 aromatic carbocycles. The molecule has 0 radical (unpaired) electrons. The van der Waals surface area contributed by atoms with E-state index in [1.807, 2.05) is 11.8 Å². The van der Waals surface area contributed by atoms with Gasteiger partial charge in [0.1, 0.15) is 0 Å². The van der Waals surface area contributed by atoms with Gasteiger partial charge < -0.3 is 19.3 Å². The highest BCUT2D eigenvalue weighted by Gasteiger charge is 2.29. The average Bonchev–Trinajstić information content (AvgIpc) is 2.48. The zero-order chi connectivity index (χ0) is 13.5. The molecule has 19 heavy (non-hydrogen) atoms.